The molecule has 0 bridgehead atoms. The molecule has 4 aliphatic rings. The number of nitriles is 1. The minimum atomic E-state index is -3.95. The summed E-state index contributed by atoms with van der Waals surface area (Å²) >= 11 is 6.23. The van der Waals surface area contributed by atoms with E-state index in [0.29, 0.717) is 58.3 Å². The molecule has 216 valence electrons. The molecule has 0 aromatic heterocycles. The van der Waals surface area contributed by atoms with Gasteiger partial charge < -0.3 is 14.5 Å². The lowest BCUT2D eigenvalue weighted by molar-refractivity contribution is -0.150. The van der Waals surface area contributed by atoms with E-state index in [0.717, 1.165) is 4.90 Å². The second-order valence-corrected chi connectivity index (χ2v) is 13.4. The minimum Gasteiger partial charge on any atom is -0.450 e. The predicted molar refractivity (Wildman–Crippen MR) is 145 cm³/mol. The lowest BCUT2D eigenvalue weighted by Crippen LogP contribution is -2.63. The summed E-state index contributed by atoms with van der Waals surface area (Å²) < 4.78 is 32.3. The lowest BCUT2D eigenvalue weighted by Gasteiger charge is -2.48. The number of amides is 3. The maximum atomic E-state index is 14.0. The summed E-state index contributed by atoms with van der Waals surface area (Å²) in [5, 5.41) is 8.74. The molecular weight excluding hydrogens is 558 g/mol. The highest BCUT2D eigenvalue weighted by Crippen LogP contribution is 2.36. The van der Waals surface area contributed by atoms with Crippen LogP contribution in [0.1, 0.15) is 45.4 Å². The first-order valence-corrected chi connectivity index (χ1v) is 15.8. The summed E-state index contributed by atoms with van der Waals surface area (Å²) in [5.74, 6) is -0.813. The van der Waals surface area contributed by atoms with Crippen LogP contribution in [0.4, 0.5) is 4.79 Å². The topological polar surface area (TPSA) is 131 Å². The molecule has 40 heavy (non-hydrogen) atoms. The molecule has 1 aromatic rings. The zero-order valence-corrected chi connectivity index (χ0v) is 24.0. The zero-order chi connectivity index (χ0) is 28.6. The molecule has 0 N–H and O–H groups in total. The van der Waals surface area contributed by atoms with Crippen LogP contribution >= 0.6 is 11.6 Å². The first-order valence-electron chi connectivity index (χ1n) is 13.9. The highest BCUT2D eigenvalue weighted by Gasteiger charge is 2.52. The third-order valence-corrected chi connectivity index (χ3v) is 11.1. The number of ether oxygens (including phenoxy) is 1. The molecule has 1 aliphatic carbocycles. The molecule has 3 saturated heterocycles. The van der Waals surface area contributed by atoms with E-state index in [4.69, 9.17) is 16.3 Å². The van der Waals surface area contributed by atoms with Crippen molar-refractivity contribution in [2.24, 2.45) is 0 Å². The SMILES string of the molecule is CCOC(=O)N1CCC(N2CCC2C(=O)N2C[C@H](S(=O)(=O)c3ccccc3Cl)C[C@H]2C(=O)N(C#N)C2CC2)CC1. The molecule has 3 atom stereocenters. The molecule has 3 aliphatic heterocycles. The van der Waals surface area contributed by atoms with Crippen molar-refractivity contribution in [3.63, 3.8) is 0 Å². The molecule has 13 heteroatoms. The van der Waals surface area contributed by atoms with Crippen molar-refractivity contribution in [2.75, 3.05) is 32.8 Å². The quantitative estimate of drug-likeness (QED) is 0.348. The van der Waals surface area contributed by atoms with E-state index in [9.17, 15) is 28.1 Å². The minimum absolute atomic E-state index is 0.0277. The largest absolute Gasteiger partial charge is 0.450 e. The fraction of sp³-hybridized carbons (Fsp3) is 0.630. The number of halogens is 1. The van der Waals surface area contributed by atoms with Crippen LogP contribution in [0.5, 0.6) is 0 Å². The molecular formula is C27H34ClN5O6S. The molecule has 0 radical (unpaired) electrons. The second-order valence-electron chi connectivity index (χ2n) is 10.8. The summed E-state index contributed by atoms with van der Waals surface area (Å²) in [7, 11) is -3.95. The van der Waals surface area contributed by atoms with Crippen molar-refractivity contribution < 1.29 is 27.5 Å². The fourth-order valence-electron chi connectivity index (χ4n) is 6.06. The van der Waals surface area contributed by atoms with Crippen LogP contribution in [-0.4, -0.2) is 108 Å². The third-order valence-electron chi connectivity index (χ3n) is 8.48. The monoisotopic (exact) mass is 591 g/mol. The van der Waals surface area contributed by atoms with Gasteiger partial charge in [-0.1, -0.05) is 23.7 Å². The molecule has 3 heterocycles. The van der Waals surface area contributed by atoms with Crippen molar-refractivity contribution in [1.82, 2.24) is 19.6 Å². The van der Waals surface area contributed by atoms with Gasteiger partial charge in [-0.3, -0.25) is 14.5 Å². The molecule has 0 spiro atoms. The molecule has 5 rings (SSSR count). The van der Waals surface area contributed by atoms with Crippen molar-refractivity contribution in [1.29, 1.82) is 5.26 Å². The van der Waals surface area contributed by atoms with Crippen LogP contribution in [0.2, 0.25) is 5.02 Å². The number of hydrogen-bond donors (Lipinski definition) is 0. The van der Waals surface area contributed by atoms with Crippen LogP contribution in [-0.2, 0) is 24.2 Å². The lowest BCUT2D eigenvalue weighted by atomic mass is 9.93. The van der Waals surface area contributed by atoms with Gasteiger partial charge in [0.05, 0.1) is 27.8 Å². The maximum absolute atomic E-state index is 14.0. The van der Waals surface area contributed by atoms with E-state index in [2.05, 4.69) is 4.90 Å². The van der Waals surface area contributed by atoms with Crippen LogP contribution in [0.25, 0.3) is 0 Å². The van der Waals surface area contributed by atoms with Gasteiger partial charge in [0.25, 0.3) is 5.91 Å². The van der Waals surface area contributed by atoms with Crippen LogP contribution in [0.15, 0.2) is 29.2 Å². The number of hydrogen-bond acceptors (Lipinski definition) is 8. The van der Waals surface area contributed by atoms with Gasteiger partial charge in [-0.15, -0.1) is 0 Å². The van der Waals surface area contributed by atoms with Gasteiger partial charge in [-0.25, -0.2) is 18.1 Å². The Morgan fingerprint density at radius 1 is 1.07 bits per heavy atom. The van der Waals surface area contributed by atoms with Crippen molar-refractivity contribution >= 4 is 39.3 Å². The number of sulfone groups is 1. The standard InChI is InChI=1S/C27H34ClN5O6S/c1-2-39-27(36)30-12-9-19(10-13-30)31-14-11-22(31)25(34)32-16-20(40(37,38)24-6-4-3-5-21(24)28)15-23(32)26(35)33(17-29)18-7-8-18/h3-6,18-20,22-23H,2,7-16H2,1H3/t20-,22?,23+/m1/s1. The summed E-state index contributed by atoms with van der Waals surface area (Å²) in [6, 6.07) is 4.54. The Balaban J connectivity index is 1.34. The third kappa shape index (κ3) is 5.39. The number of likely N-dealkylation sites (tertiary alicyclic amines) is 3. The van der Waals surface area contributed by atoms with Gasteiger partial charge in [0.2, 0.25) is 5.91 Å². The van der Waals surface area contributed by atoms with Crippen molar-refractivity contribution in [3.05, 3.63) is 29.3 Å². The highest BCUT2D eigenvalue weighted by atomic mass is 35.5. The summed E-state index contributed by atoms with van der Waals surface area (Å²) in [6.07, 6.45) is 4.94. The van der Waals surface area contributed by atoms with Crippen LogP contribution in [0.3, 0.4) is 0 Å². The number of carbonyl (C=O) groups is 3. The van der Waals surface area contributed by atoms with Gasteiger partial charge in [-0.05, 0) is 57.6 Å². The average Bonchev–Trinajstić information content (AvgIpc) is 3.64. The maximum Gasteiger partial charge on any atom is 0.409 e. The van der Waals surface area contributed by atoms with E-state index in [1.807, 2.05) is 6.19 Å². The molecule has 11 nitrogen and oxygen atoms in total. The second kappa shape index (κ2) is 11.5. The number of carbonyl (C=O) groups excluding carboxylic acids is 3. The van der Waals surface area contributed by atoms with E-state index in [1.54, 1.807) is 24.0 Å². The van der Waals surface area contributed by atoms with Gasteiger partial charge >= 0.3 is 6.09 Å². The first kappa shape index (κ1) is 28.6. The Morgan fingerprint density at radius 2 is 1.77 bits per heavy atom. The van der Waals surface area contributed by atoms with E-state index >= 15 is 0 Å². The highest BCUT2D eigenvalue weighted by molar-refractivity contribution is 7.92. The molecule has 1 unspecified atom stereocenters. The van der Waals surface area contributed by atoms with E-state index in [1.165, 1.54) is 17.0 Å². The van der Waals surface area contributed by atoms with Crippen LogP contribution < -0.4 is 0 Å². The zero-order valence-electron chi connectivity index (χ0n) is 22.4. The van der Waals surface area contributed by atoms with Crippen molar-refractivity contribution in [2.45, 2.75) is 79.8 Å². The summed E-state index contributed by atoms with van der Waals surface area (Å²) in [5.41, 5.74) is 0. The van der Waals surface area contributed by atoms with Gasteiger partial charge in [-0.2, -0.15) is 5.26 Å². The van der Waals surface area contributed by atoms with E-state index in [-0.39, 0.29) is 47.0 Å². The van der Waals surface area contributed by atoms with E-state index < -0.39 is 33.1 Å². The molecule has 3 amide bonds. The average molecular weight is 592 g/mol. The van der Waals surface area contributed by atoms with Crippen LogP contribution in [0, 0.1) is 11.5 Å². The Morgan fingerprint density at radius 3 is 2.35 bits per heavy atom. The van der Waals surface area contributed by atoms with Crippen molar-refractivity contribution in [3.8, 4) is 6.19 Å². The Bertz CT molecular complexity index is 1310. The Hall–Kier alpha value is -2.88. The number of piperidine rings is 1. The molecule has 4 fully saturated rings. The van der Waals surface area contributed by atoms with Gasteiger partial charge in [0.1, 0.15) is 6.04 Å². The summed E-state index contributed by atoms with van der Waals surface area (Å²) in [4.78, 5) is 45.8. The fourth-order valence-corrected chi connectivity index (χ4v) is 8.27. The molecule has 1 saturated carbocycles. The number of nitrogens with zero attached hydrogens (tertiary/aromatic N) is 5. The predicted octanol–water partition coefficient (Wildman–Crippen LogP) is 2.25. The molecule has 1 aromatic carbocycles. The number of benzene rings is 1. The normalized spacial score (nSPS) is 25.7. The van der Waals surface area contributed by atoms with Gasteiger partial charge in [0, 0.05) is 38.3 Å². The Labute approximate surface area is 239 Å². The summed E-state index contributed by atoms with van der Waals surface area (Å²) in [6.45, 7) is 3.71. The number of rotatable bonds is 7. The Kier molecular flexibility index (Phi) is 8.27. The smallest absolute Gasteiger partial charge is 0.409 e. The van der Waals surface area contributed by atoms with Gasteiger partial charge in [0.15, 0.2) is 16.0 Å². The first-order chi connectivity index (χ1) is 19.2.